The van der Waals surface area contributed by atoms with Gasteiger partial charge in [-0.05, 0) is 32.6 Å². The van der Waals surface area contributed by atoms with Crippen molar-refractivity contribution in [1.29, 1.82) is 0 Å². The number of amides is 2. The molecular formula is C19H30N2O5S. The van der Waals surface area contributed by atoms with Crippen LogP contribution in [0.5, 0.6) is 0 Å². The van der Waals surface area contributed by atoms with Crippen molar-refractivity contribution in [2.75, 3.05) is 12.3 Å². The van der Waals surface area contributed by atoms with Crippen LogP contribution < -0.4 is 5.32 Å². The molecule has 1 saturated carbocycles. The fourth-order valence-corrected chi connectivity index (χ4v) is 4.59. The van der Waals surface area contributed by atoms with Crippen molar-refractivity contribution in [3.8, 4) is 0 Å². The van der Waals surface area contributed by atoms with E-state index in [0.29, 0.717) is 19.4 Å². The zero-order valence-corrected chi connectivity index (χ0v) is 16.9. The van der Waals surface area contributed by atoms with Crippen molar-refractivity contribution in [2.45, 2.75) is 70.9 Å². The minimum Gasteiger partial charge on any atom is -0.480 e. The minimum absolute atomic E-state index is 0.00243. The number of aliphatic carboxylic acids is 1. The lowest BCUT2D eigenvalue weighted by Crippen LogP contribution is -2.44. The Bertz CT molecular complexity index is 576. The van der Waals surface area contributed by atoms with E-state index in [0.717, 1.165) is 37.4 Å². The Morgan fingerprint density at radius 1 is 1.07 bits per heavy atom. The number of carbonyl (C=O) groups excluding carboxylic acids is 3. The van der Waals surface area contributed by atoms with Gasteiger partial charge in [0.05, 0.1) is 6.04 Å². The van der Waals surface area contributed by atoms with E-state index in [-0.39, 0.29) is 28.6 Å². The molecule has 8 heteroatoms. The van der Waals surface area contributed by atoms with Crippen LogP contribution in [0.25, 0.3) is 0 Å². The van der Waals surface area contributed by atoms with E-state index >= 15 is 0 Å². The monoisotopic (exact) mass is 398 g/mol. The molecule has 0 aromatic carbocycles. The number of carboxylic acid groups (broad SMARTS) is 1. The van der Waals surface area contributed by atoms with Gasteiger partial charge in [0.2, 0.25) is 16.9 Å². The average Bonchev–Trinajstić information content (AvgIpc) is 3.15. The number of rotatable bonds is 7. The van der Waals surface area contributed by atoms with E-state index in [1.54, 1.807) is 13.8 Å². The van der Waals surface area contributed by atoms with Crippen LogP contribution in [-0.2, 0) is 19.2 Å². The fraction of sp³-hybridized carbons (Fsp3) is 0.789. The number of hydrogen-bond acceptors (Lipinski definition) is 5. The highest BCUT2D eigenvalue weighted by atomic mass is 32.2. The van der Waals surface area contributed by atoms with Crippen molar-refractivity contribution in [3.63, 3.8) is 0 Å². The Balaban J connectivity index is 1.77. The highest BCUT2D eigenvalue weighted by molar-refractivity contribution is 8.13. The second-order valence-corrected chi connectivity index (χ2v) is 8.65. The van der Waals surface area contributed by atoms with Crippen LogP contribution in [0.1, 0.15) is 58.8 Å². The summed E-state index contributed by atoms with van der Waals surface area (Å²) in [5.74, 6) is -1.41. The molecule has 3 atom stereocenters. The molecular weight excluding hydrogens is 368 g/mol. The quantitative estimate of drug-likeness (QED) is 0.680. The van der Waals surface area contributed by atoms with E-state index in [4.69, 9.17) is 0 Å². The average molecular weight is 399 g/mol. The van der Waals surface area contributed by atoms with Gasteiger partial charge in [0.1, 0.15) is 6.04 Å². The molecule has 0 radical (unpaired) electrons. The van der Waals surface area contributed by atoms with E-state index in [1.165, 1.54) is 11.3 Å². The van der Waals surface area contributed by atoms with E-state index in [2.05, 4.69) is 5.32 Å². The standard InChI is InChI=1S/C19H30N2O5S/c1-12(17(23)21-10-6-9-15(21)18(24)25)11-27-19(26)13(2)20-16(22)14-7-4-3-5-8-14/h12-15H,3-11H2,1-2H3,(H,20,22)(H,24,25)/t12?,13-,15+/m1/s1. The van der Waals surface area contributed by atoms with Gasteiger partial charge in [-0.25, -0.2) is 4.79 Å². The topological polar surface area (TPSA) is 104 Å². The molecule has 2 fully saturated rings. The molecule has 2 N–H and O–H groups in total. The predicted molar refractivity (Wildman–Crippen MR) is 103 cm³/mol. The molecule has 0 aromatic rings. The number of carbonyl (C=O) groups is 4. The van der Waals surface area contributed by atoms with Crippen molar-refractivity contribution < 1.29 is 24.3 Å². The molecule has 7 nitrogen and oxygen atoms in total. The minimum atomic E-state index is -0.976. The third kappa shape index (κ3) is 5.96. The molecule has 1 aliphatic carbocycles. The Kier molecular flexibility index (Phi) is 8.13. The number of carboxylic acids is 1. The van der Waals surface area contributed by atoms with Gasteiger partial charge in [-0.2, -0.15) is 0 Å². The van der Waals surface area contributed by atoms with Gasteiger partial charge in [0.25, 0.3) is 0 Å². The van der Waals surface area contributed by atoms with Crippen LogP contribution in [0.3, 0.4) is 0 Å². The molecule has 2 aliphatic rings. The van der Waals surface area contributed by atoms with E-state index in [1.807, 2.05) is 0 Å². The summed E-state index contributed by atoms with van der Waals surface area (Å²) in [4.78, 5) is 49.7. The number of thioether (sulfide) groups is 1. The number of hydrogen-bond donors (Lipinski definition) is 2. The third-order valence-corrected chi connectivity index (χ3v) is 6.71. The Morgan fingerprint density at radius 2 is 1.74 bits per heavy atom. The zero-order valence-electron chi connectivity index (χ0n) is 16.1. The van der Waals surface area contributed by atoms with Gasteiger partial charge >= 0.3 is 5.97 Å². The maximum absolute atomic E-state index is 12.5. The summed E-state index contributed by atoms with van der Waals surface area (Å²) in [6.07, 6.45) is 6.21. The first-order valence-electron chi connectivity index (χ1n) is 9.81. The maximum atomic E-state index is 12.5. The second kappa shape index (κ2) is 10.1. The fourth-order valence-electron chi connectivity index (χ4n) is 3.73. The summed E-state index contributed by atoms with van der Waals surface area (Å²) in [5, 5.41) is 11.8. The first kappa shape index (κ1) is 21.7. The SMILES string of the molecule is CC(CSC(=O)[C@@H](C)NC(=O)C1CCCCC1)C(=O)N1CCC[C@H]1C(=O)O. The molecule has 2 amide bonds. The maximum Gasteiger partial charge on any atom is 0.326 e. The lowest BCUT2D eigenvalue weighted by atomic mass is 9.88. The largest absolute Gasteiger partial charge is 0.480 e. The van der Waals surface area contributed by atoms with Crippen LogP contribution in [0.2, 0.25) is 0 Å². The Hall–Kier alpha value is -1.57. The summed E-state index contributed by atoms with van der Waals surface area (Å²) in [6.45, 7) is 3.83. The van der Waals surface area contributed by atoms with Crippen molar-refractivity contribution in [1.82, 2.24) is 10.2 Å². The van der Waals surface area contributed by atoms with Crippen molar-refractivity contribution in [2.24, 2.45) is 11.8 Å². The van der Waals surface area contributed by atoms with E-state index in [9.17, 15) is 24.3 Å². The lowest BCUT2D eigenvalue weighted by Gasteiger charge is -2.25. The molecule has 27 heavy (non-hydrogen) atoms. The molecule has 1 unspecified atom stereocenters. The molecule has 1 saturated heterocycles. The summed E-state index contributed by atoms with van der Waals surface area (Å²) >= 11 is 1.03. The second-order valence-electron chi connectivity index (χ2n) is 7.62. The normalized spacial score (nSPS) is 22.9. The van der Waals surface area contributed by atoms with Crippen LogP contribution in [0.15, 0.2) is 0 Å². The van der Waals surface area contributed by atoms with Gasteiger partial charge in [-0.1, -0.05) is 37.9 Å². The van der Waals surface area contributed by atoms with Crippen molar-refractivity contribution in [3.05, 3.63) is 0 Å². The summed E-state index contributed by atoms with van der Waals surface area (Å²) < 4.78 is 0. The number of nitrogens with zero attached hydrogens (tertiary/aromatic N) is 1. The van der Waals surface area contributed by atoms with Crippen LogP contribution >= 0.6 is 11.8 Å². The summed E-state index contributed by atoms with van der Waals surface area (Å²) in [6, 6.07) is -1.35. The molecule has 0 bridgehead atoms. The first-order chi connectivity index (χ1) is 12.8. The van der Waals surface area contributed by atoms with Gasteiger partial charge < -0.3 is 15.3 Å². The van der Waals surface area contributed by atoms with Gasteiger partial charge in [-0.15, -0.1) is 0 Å². The smallest absolute Gasteiger partial charge is 0.326 e. The van der Waals surface area contributed by atoms with Crippen LogP contribution in [0, 0.1) is 11.8 Å². The number of nitrogens with one attached hydrogen (secondary N) is 1. The molecule has 1 heterocycles. The number of likely N-dealkylation sites (tertiary alicyclic amines) is 1. The van der Waals surface area contributed by atoms with Crippen LogP contribution in [-0.4, -0.2) is 57.3 Å². The van der Waals surface area contributed by atoms with Crippen molar-refractivity contribution >= 4 is 34.7 Å². The molecule has 0 aromatic heterocycles. The van der Waals surface area contributed by atoms with Gasteiger partial charge in [-0.3, -0.25) is 14.4 Å². The van der Waals surface area contributed by atoms with Gasteiger partial charge in [0, 0.05) is 24.1 Å². The molecule has 1 aliphatic heterocycles. The first-order valence-corrected chi connectivity index (χ1v) is 10.8. The van der Waals surface area contributed by atoms with E-state index < -0.39 is 24.0 Å². The molecule has 152 valence electrons. The highest BCUT2D eigenvalue weighted by Crippen LogP contribution is 2.24. The Morgan fingerprint density at radius 3 is 2.37 bits per heavy atom. The lowest BCUT2D eigenvalue weighted by molar-refractivity contribution is -0.149. The van der Waals surface area contributed by atoms with Crippen LogP contribution in [0.4, 0.5) is 0 Å². The summed E-state index contributed by atoms with van der Waals surface area (Å²) in [7, 11) is 0. The Labute approximate surface area is 164 Å². The zero-order chi connectivity index (χ0) is 20.0. The third-order valence-electron chi connectivity index (χ3n) is 5.41. The van der Waals surface area contributed by atoms with Gasteiger partial charge in [0.15, 0.2) is 0 Å². The predicted octanol–water partition coefficient (Wildman–Crippen LogP) is 2.04. The highest BCUT2D eigenvalue weighted by Gasteiger charge is 2.36. The summed E-state index contributed by atoms with van der Waals surface area (Å²) in [5.41, 5.74) is 0. The molecule has 2 rings (SSSR count). The molecule has 0 spiro atoms.